The van der Waals surface area contributed by atoms with Gasteiger partial charge >= 0.3 is 0 Å². The van der Waals surface area contributed by atoms with Crippen LogP contribution in [0.5, 0.6) is 0 Å². The highest BCUT2D eigenvalue weighted by molar-refractivity contribution is 7.91. The predicted octanol–water partition coefficient (Wildman–Crippen LogP) is -1.69. The Kier molecular flexibility index (Phi) is 9.48. The lowest BCUT2D eigenvalue weighted by Gasteiger charge is -2.20. The van der Waals surface area contributed by atoms with Crippen molar-refractivity contribution in [3.05, 3.63) is 40.5 Å². The molecular formula is C6H10N4O13S. The average Bonchev–Trinajstić information content (AvgIpc) is 2.40. The van der Waals surface area contributed by atoms with Gasteiger partial charge in [0.2, 0.25) is 0 Å². The molecule has 0 amide bonds. The van der Waals surface area contributed by atoms with Crippen molar-refractivity contribution in [3.8, 4) is 0 Å². The minimum Gasteiger partial charge on any atom is -0.616 e. The molecule has 0 rings (SSSR count). The molecule has 24 heavy (non-hydrogen) atoms. The van der Waals surface area contributed by atoms with Crippen LogP contribution in [-0.4, -0.2) is 61.8 Å². The predicted molar refractivity (Wildman–Crippen MR) is 67.5 cm³/mol. The van der Waals surface area contributed by atoms with E-state index in [2.05, 4.69) is 19.4 Å². The zero-order valence-corrected chi connectivity index (χ0v) is 12.3. The summed E-state index contributed by atoms with van der Waals surface area (Å²) in [5.41, 5.74) is 0. The minimum absolute atomic E-state index is 0.690. The third-order valence-electron chi connectivity index (χ3n) is 1.95. The van der Waals surface area contributed by atoms with Gasteiger partial charge in [-0.2, -0.15) is 0 Å². The summed E-state index contributed by atoms with van der Waals surface area (Å²) in [4.78, 5) is 56.3. The van der Waals surface area contributed by atoms with Crippen LogP contribution >= 0.6 is 0 Å². The Morgan fingerprint density at radius 2 is 1.04 bits per heavy atom. The number of nitrogens with zero attached hydrogens (tertiary/aromatic N) is 4. The Morgan fingerprint density at radius 1 is 0.708 bits per heavy atom. The van der Waals surface area contributed by atoms with Crippen molar-refractivity contribution in [3.63, 3.8) is 0 Å². The third kappa shape index (κ3) is 11.7. The summed E-state index contributed by atoms with van der Waals surface area (Å²) in [6.45, 7) is -1.85. The summed E-state index contributed by atoms with van der Waals surface area (Å²) in [5, 5.41) is 35.4. The van der Waals surface area contributed by atoms with E-state index in [1.807, 2.05) is 0 Å². The van der Waals surface area contributed by atoms with E-state index < -0.39 is 68.4 Å². The zero-order valence-electron chi connectivity index (χ0n) is 11.5. The van der Waals surface area contributed by atoms with Crippen molar-refractivity contribution in [2.24, 2.45) is 0 Å². The van der Waals surface area contributed by atoms with Gasteiger partial charge in [0.05, 0.1) is 0 Å². The Morgan fingerprint density at radius 3 is 1.29 bits per heavy atom. The normalized spacial score (nSPS) is 13.9. The van der Waals surface area contributed by atoms with Crippen molar-refractivity contribution < 1.29 is 44.2 Å². The molecule has 17 nitrogen and oxygen atoms in total. The summed E-state index contributed by atoms with van der Waals surface area (Å²) >= 11 is -2.11. The molecule has 0 saturated carbocycles. The lowest BCUT2D eigenvalue weighted by Crippen LogP contribution is -2.37. The van der Waals surface area contributed by atoms with Crippen molar-refractivity contribution >= 4 is 11.2 Å². The van der Waals surface area contributed by atoms with E-state index in [-0.39, 0.29) is 0 Å². The SMILES string of the molecule is O=[N+]([O-])OCC(C[S+]([O-])CC(CO[N+](=O)[O-])O[N+](=O)[O-])O[N+](=O)[O-]. The van der Waals surface area contributed by atoms with E-state index in [0.29, 0.717) is 0 Å². The van der Waals surface area contributed by atoms with Crippen molar-refractivity contribution in [2.45, 2.75) is 12.2 Å². The molecule has 0 aliphatic rings. The van der Waals surface area contributed by atoms with Crippen LogP contribution in [-0.2, 0) is 30.5 Å². The molecular weight excluding hydrogens is 368 g/mol. The first kappa shape index (κ1) is 21.1. The van der Waals surface area contributed by atoms with Crippen LogP contribution in [0.25, 0.3) is 0 Å². The Balaban J connectivity index is 4.62. The standard InChI is InChI=1S/C6H10N4O13S/c11-7(12)20-1-5(22-9(15)16)3-24(19)4-6(23-10(17)18)2-21-8(13)14/h5-6H,1-4H2. The largest absolute Gasteiger partial charge is 0.616 e. The van der Waals surface area contributed by atoms with Gasteiger partial charge in [0.1, 0.15) is 24.7 Å². The van der Waals surface area contributed by atoms with E-state index >= 15 is 0 Å². The second-order valence-corrected chi connectivity index (χ2v) is 5.26. The molecule has 0 bridgehead atoms. The van der Waals surface area contributed by atoms with Crippen molar-refractivity contribution in [1.82, 2.24) is 0 Å². The van der Waals surface area contributed by atoms with Gasteiger partial charge in [0.25, 0.3) is 20.3 Å². The van der Waals surface area contributed by atoms with Crippen molar-refractivity contribution in [2.75, 3.05) is 24.7 Å². The third-order valence-corrected chi connectivity index (χ3v) is 3.43. The fourth-order valence-electron chi connectivity index (χ4n) is 1.23. The topological polar surface area (TPSA) is 233 Å². The molecule has 0 heterocycles. The fraction of sp³-hybridized carbons (Fsp3) is 1.00. The van der Waals surface area contributed by atoms with Gasteiger partial charge in [-0.3, -0.25) is 0 Å². The van der Waals surface area contributed by atoms with Crippen LogP contribution in [0.4, 0.5) is 0 Å². The van der Waals surface area contributed by atoms with E-state index in [0.717, 1.165) is 0 Å². The van der Waals surface area contributed by atoms with Crippen LogP contribution in [0.15, 0.2) is 0 Å². The smallest absolute Gasteiger partial charge is 0.295 e. The summed E-state index contributed by atoms with van der Waals surface area (Å²) in [6, 6.07) is 0. The molecule has 2 atom stereocenters. The van der Waals surface area contributed by atoms with Crippen molar-refractivity contribution in [1.29, 1.82) is 0 Å². The van der Waals surface area contributed by atoms with E-state index in [4.69, 9.17) is 0 Å². The van der Waals surface area contributed by atoms with Gasteiger partial charge in [-0.1, -0.05) is 0 Å². The van der Waals surface area contributed by atoms with Gasteiger partial charge in [-0.25, -0.2) is 0 Å². The molecule has 0 aromatic heterocycles. The highest BCUT2D eigenvalue weighted by Gasteiger charge is 2.27. The molecule has 0 aromatic rings. The van der Waals surface area contributed by atoms with E-state index in [9.17, 15) is 45.0 Å². The van der Waals surface area contributed by atoms with Crippen LogP contribution in [0.3, 0.4) is 0 Å². The first-order chi connectivity index (χ1) is 11.1. The van der Waals surface area contributed by atoms with Crippen LogP contribution in [0.2, 0.25) is 0 Å². The van der Waals surface area contributed by atoms with Gasteiger partial charge in [-0.15, -0.1) is 40.5 Å². The molecule has 0 saturated heterocycles. The van der Waals surface area contributed by atoms with Gasteiger partial charge < -0.3 is 23.9 Å². The zero-order chi connectivity index (χ0) is 18.7. The Hall–Kier alpha value is -2.89. The molecule has 2 unspecified atom stereocenters. The number of hydrogen-bond acceptors (Lipinski definition) is 13. The van der Waals surface area contributed by atoms with Crippen LogP contribution in [0.1, 0.15) is 0 Å². The first-order valence-electron chi connectivity index (χ1n) is 5.62. The lowest BCUT2D eigenvalue weighted by atomic mass is 10.4. The maximum Gasteiger partial charge on any atom is 0.295 e. The molecule has 0 aliphatic carbocycles. The maximum absolute atomic E-state index is 11.8. The Labute approximate surface area is 134 Å². The highest BCUT2D eigenvalue weighted by atomic mass is 32.2. The second-order valence-electron chi connectivity index (χ2n) is 3.71. The van der Waals surface area contributed by atoms with Crippen LogP contribution in [0, 0.1) is 40.5 Å². The second kappa shape index (κ2) is 10.8. The molecule has 0 aliphatic heterocycles. The monoisotopic (exact) mass is 378 g/mol. The average molecular weight is 378 g/mol. The summed E-state index contributed by atoms with van der Waals surface area (Å²) in [7, 11) is 0. The van der Waals surface area contributed by atoms with E-state index in [1.54, 1.807) is 0 Å². The number of hydrogen-bond donors (Lipinski definition) is 0. The summed E-state index contributed by atoms with van der Waals surface area (Å²) in [5.74, 6) is -1.38. The van der Waals surface area contributed by atoms with Gasteiger partial charge in [0.15, 0.2) is 12.2 Å². The molecule has 0 fully saturated rings. The molecule has 0 aromatic carbocycles. The lowest BCUT2D eigenvalue weighted by molar-refractivity contribution is -0.789. The number of rotatable bonds is 14. The molecule has 0 spiro atoms. The molecule has 0 radical (unpaired) electrons. The molecule has 18 heteroatoms. The minimum atomic E-state index is -2.11. The van der Waals surface area contributed by atoms with Gasteiger partial charge in [0, 0.05) is 0 Å². The Bertz CT molecular complexity index is 422. The van der Waals surface area contributed by atoms with Crippen LogP contribution < -0.4 is 0 Å². The quantitative estimate of drug-likeness (QED) is 0.186. The summed E-state index contributed by atoms with van der Waals surface area (Å²) < 4.78 is 11.8. The summed E-state index contributed by atoms with van der Waals surface area (Å²) in [6.07, 6.45) is -3.22. The van der Waals surface area contributed by atoms with E-state index in [1.165, 1.54) is 0 Å². The molecule has 138 valence electrons. The fourth-order valence-corrected chi connectivity index (χ4v) is 2.51. The first-order valence-corrected chi connectivity index (χ1v) is 7.10. The maximum atomic E-state index is 11.8. The highest BCUT2D eigenvalue weighted by Crippen LogP contribution is 2.06. The van der Waals surface area contributed by atoms with Gasteiger partial charge in [-0.05, 0) is 11.2 Å². The molecule has 0 N–H and O–H groups in total.